The summed E-state index contributed by atoms with van der Waals surface area (Å²) in [6, 6.07) is 0. The maximum atomic E-state index is 5.42. The third-order valence-electron chi connectivity index (χ3n) is 0.525. The van der Waals surface area contributed by atoms with Gasteiger partial charge >= 0.3 is 0 Å². The first-order chi connectivity index (χ1) is 4.46. The molecule has 0 aromatic rings. The average molecular weight is 265 g/mol. The molecule has 0 amide bonds. The molecule has 0 spiro atoms. The fraction of sp³-hybridized carbons (Fsp3) is 0. The van der Waals surface area contributed by atoms with Gasteiger partial charge in [-0.3, -0.25) is 0 Å². The number of rotatable bonds is 1. The fourth-order valence-corrected chi connectivity index (χ4v) is 0.926. The van der Waals surface area contributed by atoms with Crippen molar-refractivity contribution in [2.24, 2.45) is 0 Å². The zero-order chi connectivity index (χ0) is 8.31. The summed E-state index contributed by atoms with van der Waals surface area (Å²) in [7, 11) is 0. The van der Waals surface area contributed by atoms with Crippen LogP contribution in [0.15, 0.2) is 19.0 Å². The van der Waals surface area contributed by atoms with E-state index in [1.54, 1.807) is 0 Å². The van der Waals surface area contributed by atoms with Crippen LogP contribution in [0.2, 0.25) is 0 Å². The number of halogens is 6. The molecule has 0 fully saturated rings. The van der Waals surface area contributed by atoms with Crippen LogP contribution in [0.25, 0.3) is 0 Å². The molecule has 0 aliphatic rings. The monoisotopic (exact) mass is 262 g/mol. The van der Waals surface area contributed by atoms with Crippen LogP contribution in [0.5, 0.6) is 0 Å². The molecule has 0 saturated heterocycles. The van der Waals surface area contributed by atoms with Gasteiger partial charge in [0.1, 0.15) is 8.98 Å². The Morgan fingerprint density at radius 3 is 0.800 bits per heavy atom. The Bertz CT molecular complexity index is 160. The third-order valence-corrected chi connectivity index (χ3v) is 2.52. The van der Waals surface area contributed by atoms with Crippen molar-refractivity contribution in [2.45, 2.75) is 0 Å². The Balaban J connectivity index is 4.71. The highest BCUT2D eigenvalue weighted by atomic mass is 35.5. The first-order valence-electron chi connectivity index (χ1n) is 1.88. The molecule has 0 aliphatic carbocycles. The minimum absolute atomic E-state index is 0.0648. The molecule has 0 N–H and O–H groups in total. The Labute approximate surface area is 88.3 Å². The molecule has 0 nitrogen and oxygen atoms in total. The third kappa shape index (κ3) is 3.56. The Kier molecular flexibility index (Phi) is 5.58. The van der Waals surface area contributed by atoms with Gasteiger partial charge in [0.15, 0.2) is 0 Å². The van der Waals surface area contributed by atoms with Gasteiger partial charge in [-0.15, -0.1) is 0 Å². The summed E-state index contributed by atoms with van der Waals surface area (Å²) < 4.78 is -0.351. The van der Waals surface area contributed by atoms with E-state index in [2.05, 4.69) is 0 Å². The average Bonchev–Trinajstić information content (AvgIpc) is 1.84. The summed E-state index contributed by atoms with van der Waals surface area (Å²) in [5.74, 6) is 0. The largest absolute Gasteiger partial charge is 0.127 e. The van der Waals surface area contributed by atoms with Crippen molar-refractivity contribution in [3.63, 3.8) is 0 Å². The lowest BCUT2D eigenvalue weighted by Crippen LogP contribution is -1.73. The van der Waals surface area contributed by atoms with Crippen molar-refractivity contribution in [3.05, 3.63) is 19.0 Å². The van der Waals surface area contributed by atoms with E-state index in [1.807, 2.05) is 0 Å². The maximum absolute atomic E-state index is 5.42. The fourth-order valence-electron chi connectivity index (χ4n) is 0.166. The lowest BCUT2D eigenvalue weighted by atomic mass is 11.6. The lowest BCUT2D eigenvalue weighted by Gasteiger charge is -1.94. The number of allylic oxidation sites excluding steroid dienone is 2. The lowest BCUT2D eigenvalue weighted by molar-refractivity contribution is 1.84. The molecule has 0 rings (SSSR count). The smallest absolute Gasteiger partial charge is 0.0800 e. The van der Waals surface area contributed by atoms with Gasteiger partial charge in [0.25, 0.3) is 0 Å². The minimum Gasteiger partial charge on any atom is -0.0800 e. The summed E-state index contributed by atoms with van der Waals surface area (Å²) in [4.78, 5) is 0. The van der Waals surface area contributed by atoms with E-state index >= 15 is 0 Å². The van der Waals surface area contributed by atoms with Crippen molar-refractivity contribution < 1.29 is 0 Å². The standard InChI is InChI=1S/C4Cl6/c5-1(3(7)8)2(6)4(9)10/i1+1,2+1,3+1,4+1. The Morgan fingerprint density at radius 2 is 0.700 bits per heavy atom. The summed E-state index contributed by atoms with van der Waals surface area (Å²) in [5.41, 5.74) is 0. The van der Waals surface area contributed by atoms with Gasteiger partial charge in [0, 0.05) is 0 Å². The van der Waals surface area contributed by atoms with Gasteiger partial charge in [-0.05, 0) is 0 Å². The second-order valence-electron chi connectivity index (χ2n) is 1.15. The zero-order valence-corrected chi connectivity index (χ0v) is 8.80. The van der Waals surface area contributed by atoms with Crippen LogP contribution in [-0.2, 0) is 0 Å². The summed E-state index contributed by atoms with van der Waals surface area (Å²) in [6.45, 7) is 0. The van der Waals surface area contributed by atoms with Crippen LogP contribution in [0, 0.1) is 0 Å². The van der Waals surface area contributed by atoms with E-state index in [0.717, 1.165) is 0 Å². The van der Waals surface area contributed by atoms with Crippen LogP contribution < -0.4 is 0 Å². The molecule has 58 valence electrons. The van der Waals surface area contributed by atoms with Crippen molar-refractivity contribution in [3.8, 4) is 0 Å². The van der Waals surface area contributed by atoms with Gasteiger partial charge in [-0.2, -0.15) is 0 Å². The molecule has 0 radical (unpaired) electrons. The highest BCUT2D eigenvalue weighted by molar-refractivity contribution is 6.65. The van der Waals surface area contributed by atoms with Crippen molar-refractivity contribution in [1.82, 2.24) is 0 Å². The molecule has 0 aliphatic heterocycles. The summed E-state index contributed by atoms with van der Waals surface area (Å²) in [5, 5.41) is -0.130. The van der Waals surface area contributed by atoms with Crippen LogP contribution >= 0.6 is 69.6 Å². The predicted octanol–water partition coefficient (Wildman–Crippen LogP) is 4.76. The highest BCUT2D eigenvalue weighted by Gasteiger charge is 2.07. The van der Waals surface area contributed by atoms with Crippen LogP contribution in [-0.4, -0.2) is 0 Å². The van der Waals surface area contributed by atoms with E-state index in [9.17, 15) is 0 Å². The molecule has 6 heteroatoms. The first kappa shape index (κ1) is 11.2. The number of hydrogen-bond donors (Lipinski definition) is 0. The van der Waals surface area contributed by atoms with Gasteiger partial charge in [-0.1, -0.05) is 69.6 Å². The van der Waals surface area contributed by atoms with Gasteiger partial charge in [-0.25, -0.2) is 0 Å². The second kappa shape index (κ2) is 4.97. The quantitative estimate of drug-likeness (QED) is 0.473. The Morgan fingerprint density at radius 1 is 0.500 bits per heavy atom. The Hall–Kier alpha value is 1.22. The van der Waals surface area contributed by atoms with Crippen LogP contribution in [0.4, 0.5) is 0 Å². The normalized spacial score (nSPS) is 9.00. The van der Waals surface area contributed by atoms with Gasteiger partial charge in [0.2, 0.25) is 0 Å². The zero-order valence-electron chi connectivity index (χ0n) is 4.27. The predicted molar refractivity (Wildman–Crippen MR) is 49.2 cm³/mol. The van der Waals surface area contributed by atoms with Gasteiger partial charge in [0.05, 0.1) is 10.1 Å². The summed E-state index contributed by atoms with van der Waals surface area (Å²) >= 11 is 31.8. The first-order valence-corrected chi connectivity index (χ1v) is 4.15. The molecule has 0 saturated carbocycles. The van der Waals surface area contributed by atoms with E-state index < -0.39 is 0 Å². The van der Waals surface area contributed by atoms with E-state index in [-0.39, 0.29) is 19.0 Å². The van der Waals surface area contributed by atoms with Gasteiger partial charge < -0.3 is 0 Å². The number of hydrogen-bond acceptors (Lipinski definition) is 0. The minimum atomic E-state index is -0.175. The molecule has 0 unspecified atom stereocenters. The maximum Gasteiger partial charge on any atom is 0.127 e. The highest BCUT2D eigenvalue weighted by Crippen LogP contribution is 2.32. The molecular weight excluding hydrogens is 265 g/mol. The molecule has 10 heavy (non-hydrogen) atoms. The summed E-state index contributed by atoms with van der Waals surface area (Å²) in [6.07, 6.45) is 0. The molecule has 0 bridgehead atoms. The molecule has 0 aromatic heterocycles. The van der Waals surface area contributed by atoms with Crippen molar-refractivity contribution in [1.29, 1.82) is 0 Å². The van der Waals surface area contributed by atoms with Crippen LogP contribution in [0.1, 0.15) is 0 Å². The topological polar surface area (TPSA) is 0 Å². The van der Waals surface area contributed by atoms with Crippen molar-refractivity contribution in [2.75, 3.05) is 0 Å². The second-order valence-corrected chi connectivity index (χ2v) is 3.80. The molecule has 0 atom stereocenters. The van der Waals surface area contributed by atoms with Crippen LogP contribution in [0.3, 0.4) is 0 Å². The molecular formula is C4Cl6. The van der Waals surface area contributed by atoms with E-state index in [0.29, 0.717) is 0 Å². The molecule has 0 aromatic carbocycles. The SMILES string of the molecule is Cl[13C](Cl)=[13C](Cl)[13C](Cl)=[13C](Cl)Cl. The van der Waals surface area contributed by atoms with E-state index in [4.69, 9.17) is 69.6 Å². The van der Waals surface area contributed by atoms with Crippen molar-refractivity contribution >= 4 is 69.6 Å². The molecule has 0 heterocycles. The van der Waals surface area contributed by atoms with E-state index in [1.165, 1.54) is 0 Å².